The number of imidazole rings is 1. The summed E-state index contributed by atoms with van der Waals surface area (Å²) in [5.74, 6) is -1.14. The lowest BCUT2D eigenvalue weighted by Gasteiger charge is -2.15. The second-order valence-electron chi connectivity index (χ2n) is 7.57. The van der Waals surface area contributed by atoms with E-state index in [1.807, 2.05) is 26.0 Å². The Bertz CT molecular complexity index is 1100. The van der Waals surface area contributed by atoms with Crippen molar-refractivity contribution in [3.05, 3.63) is 58.8 Å². The summed E-state index contributed by atoms with van der Waals surface area (Å²) in [7, 11) is 0. The van der Waals surface area contributed by atoms with Gasteiger partial charge in [-0.3, -0.25) is 4.98 Å². The number of alkyl halides is 4. The molecule has 0 radical (unpaired) electrons. The molecule has 0 saturated carbocycles. The zero-order valence-electron chi connectivity index (χ0n) is 16.9. The molecule has 3 heterocycles. The van der Waals surface area contributed by atoms with Crippen LogP contribution in [0.1, 0.15) is 22.6 Å². The van der Waals surface area contributed by atoms with E-state index in [0.717, 1.165) is 34.8 Å². The van der Waals surface area contributed by atoms with Gasteiger partial charge < -0.3 is 9.30 Å². The predicted molar refractivity (Wildman–Crippen MR) is 105 cm³/mol. The van der Waals surface area contributed by atoms with Crippen LogP contribution in [0.5, 0.6) is 0 Å². The molecular formula is C22H20F5N3O. The van der Waals surface area contributed by atoms with E-state index < -0.39 is 30.3 Å². The van der Waals surface area contributed by atoms with Gasteiger partial charge in [-0.15, -0.1) is 0 Å². The summed E-state index contributed by atoms with van der Waals surface area (Å²) in [5, 5.41) is 0. The fourth-order valence-corrected chi connectivity index (χ4v) is 3.91. The highest BCUT2D eigenvalue weighted by Gasteiger charge is 2.35. The minimum Gasteiger partial charge on any atom is -0.373 e. The number of rotatable bonds is 3. The molecule has 0 aliphatic carbocycles. The van der Waals surface area contributed by atoms with Crippen molar-refractivity contribution in [3.8, 4) is 22.6 Å². The van der Waals surface area contributed by atoms with Crippen LogP contribution in [-0.4, -0.2) is 33.9 Å². The lowest BCUT2D eigenvalue weighted by Crippen LogP contribution is -2.21. The van der Waals surface area contributed by atoms with Crippen molar-refractivity contribution < 1.29 is 26.7 Å². The first-order valence-corrected chi connectivity index (χ1v) is 9.77. The van der Waals surface area contributed by atoms with Gasteiger partial charge in [-0.25, -0.2) is 13.8 Å². The molecule has 0 spiro atoms. The molecule has 1 aliphatic rings. The maximum Gasteiger partial charge on any atom is 0.419 e. The standard InChI is InChI=1S/C22H20F5N3O/c1-12-7-15(8-13(2)28-12)20-19-5-6-31-16(10-23)11-30(19)21(29-20)14-3-4-18(24)17(9-14)22(25,26)27/h3-4,7-9,16H,5-6,10-11H2,1-2H3/t16-/m1/s1. The normalized spacial score (nSPS) is 16.8. The lowest BCUT2D eigenvalue weighted by atomic mass is 10.1. The van der Waals surface area contributed by atoms with Crippen molar-refractivity contribution >= 4 is 0 Å². The number of hydrogen-bond donors (Lipinski definition) is 0. The van der Waals surface area contributed by atoms with E-state index in [1.54, 1.807) is 4.57 Å². The summed E-state index contributed by atoms with van der Waals surface area (Å²) >= 11 is 0. The summed E-state index contributed by atoms with van der Waals surface area (Å²) < 4.78 is 74.3. The summed E-state index contributed by atoms with van der Waals surface area (Å²) in [6.07, 6.45) is -5.18. The fourth-order valence-electron chi connectivity index (χ4n) is 3.91. The predicted octanol–water partition coefficient (Wildman–Crippen LogP) is 5.30. The van der Waals surface area contributed by atoms with E-state index in [0.29, 0.717) is 12.1 Å². The van der Waals surface area contributed by atoms with Gasteiger partial charge in [0.1, 0.15) is 24.4 Å². The second-order valence-corrected chi connectivity index (χ2v) is 7.57. The van der Waals surface area contributed by atoms with Crippen molar-refractivity contribution in [2.75, 3.05) is 13.3 Å². The highest BCUT2D eigenvalue weighted by atomic mass is 19.4. The van der Waals surface area contributed by atoms with Gasteiger partial charge in [0.05, 0.1) is 24.4 Å². The van der Waals surface area contributed by atoms with Crippen LogP contribution in [0.3, 0.4) is 0 Å². The first kappa shape index (κ1) is 21.4. The van der Waals surface area contributed by atoms with Crippen LogP contribution >= 0.6 is 0 Å². The summed E-state index contributed by atoms with van der Waals surface area (Å²) in [6, 6.07) is 6.45. The van der Waals surface area contributed by atoms with Crippen LogP contribution in [0.2, 0.25) is 0 Å². The fraction of sp³-hybridized carbons (Fsp3) is 0.364. The first-order chi connectivity index (χ1) is 14.7. The highest BCUT2D eigenvalue weighted by Crippen LogP contribution is 2.37. The Balaban J connectivity index is 1.94. The molecule has 1 aliphatic heterocycles. The Morgan fingerprint density at radius 3 is 2.42 bits per heavy atom. The number of hydrogen-bond acceptors (Lipinski definition) is 3. The number of pyridine rings is 1. The van der Waals surface area contributed by atoms with E-state index in [-0.39, 0.29) is 24.5 Å². The first-order valence-electron chi connectivity index (χ1n) is 9.77. The van der Waals surface area contributed by atoms with Crippen LogP contribution in [0, 0.1) is 19.7 Å². The number of halogens is 5. The van der Waals surface area contributed by atoms with Gasteiger partial charge in [0.25, 0.3) is 0 Å². The number of fused-ring (bicyclic) bond motifs is 1. The molecule has 0 amide bonds. The van der Waals surface area contributed by atoms with Gasteiger partial charge in [0.15, 0.2) is 0 Å². The molecule has 31 heavy (non-hydrogen) atoms. The molecule has 3 aromatic rings. The average Bonchev–Trinajstić information content (AvgIpc) is 2.90. The monoisotopic (exact) mass is 437 g/mol. The zero-order chi connectivity index (χ0) is 22.3. The van der Waals surface area contributed by atoms with E-state index in [9.17, 15) is 22.0 Å². The van der Waals surface area contributed by atoms with Crippen molar-refractivity contribution in [2.45, 2.75) is 39.1 Å². The van der Waals surface area contributed by atoms with Gasteiger partial charge in [-0.2, -0.15) is 13.2 Å². The number of benzene rings is 1. The smallest absolute Gasteiger partial charge is 0.373 e. The minimum absolute atomic E-state index is 0.0932. The molecule has 164 valence electrons. The van der Waals surface area contributed by atoms with E-state index >= 15 is 0 Å². The summed E-state index contributed by atoms with van der Waals surface area (Å²) in [6.45, 7) is 3.29. The quantitative estimate of drug-likeness (QED) is 0.523. The van der Waals surface area contributed by atoms with Crippen molar-refractivity contribution in [3.63, 3.8) is 0 Å². The minimum atomic E-state index is -4.85. The average molecular weight is 437 g/mol. The molecule has 1 aromatic carbocycles. The largest absolute Gasteiger partial charge is 0.419 e. The number of nitrogens with zero attached hydrogens (tertiary/aromatic N) is 3. The number of aromatic nitrogens is 3. The molecule has 0 unspecified atom stereocenters. The zero-order valence-corrected chi connectivity index (χ0v) is 16.9. The Morgan fingerprint density at radius 2 is 1.77 bits per heavy atom. The van der Waals surface area contributed by atoms with Gasteiger partial charge in [0.2, 0.25) is 0 Å². The molecule has 0 fully saturated rings. The Kier molecular flexibility index (Phi) is 5.55. The maximum atomic E-state index is 13.8. The van der Waals surface area contributed by atoms with Crippen molar-refractivity contribution in [1.82, 2.24) is 14.5 Å². The second kappa shape index (κ2) is 8.03. The van der Waals surface area contributed by atoms with Crippen LogP contribution in [0.15, 0.2) is 30.3 Å². The molecule has 2 aromatic heterocycles. The molecule has 1 atom stereocenters. The van der Waals surface area contributed by atoms with Crippen LogP contribution in [0.25, 0.3) is 22.6 Å². The molecule has 0 bridgehead atoms. The SMILES string of the molecule is Cc1cc(-c2nc(-c3ccc(F)c(C(F)(F)F)c3)n3c2CCO[C@H](CF)C3)cc(C)n1. The molecular weight excluding hydrogens is 417 g/mol. The Morgan fingerprint density at radius 1 is 1.06 bits per heavy atom. The van der Waals surface area contributed by atoms with E-state index in [2.05, 4.69) is 9.97 Å². The van der Waals surface area contributed by atoms with Gasteiger partial charge in [-0.05, 0) is 44.2 Å². The third kappa shape index (κ3) is 4.19. The summed E-state index contributed by atoms with van der Waals surface area (Å²) in [5.41, 5.74) is 2.34. The third-order valence-electron chi connectivity index (χ3n) is 5.21. The van der Waals surface area contributed by atoms with Crippen molar-refractivity contribution in [1.29, 1.82) is 0 Å². The lowest BCUT2D eigenvalue weighted by molar-refractivity contribution is -0.139. The van der Waals surface area contributed by atoms with Gasteiger partial charge in [-0.1, -0.05) is 0 Å². The third-order valence-corrected chi connectivity index (χ3v) is 5.21. The topological polar surface area (TPSA) is 39.9 Å². The van der Waals surface area contributed by atoms with Gasteiger partial charge in [0, 0.05) is 34.6 Å². The van der Waals surface area contributed by atoms with Gasteiger partial charge >= 0.3 is 6.18 Å². The van der Waals surface area contributed by atoms with Crippen LogP contribution in [-0.2, 0) is 23.9 Å². The Labute approximate surface area is 175 Å². The highest BCUT2D eigenvalue weighted by molar-refractivity contribution is 5.69. The Hall–Kier alpha value is -2.81. The molecule has 4 nitrogen and oxygen atoms in total. The molecule has 0 N–H and O–H groups in total. The number of aryl methyl sites for hydroxylation is 2. The van der Waals surface area contributed by atoms with E-state index in [4.69, 9.17) is 4.74 Å². The molecule has 9 heteroatoms. The van der Waals surface area contributed by atoms with Crippen molar-refractivity contribution in [2.24, 2.45) is 0 Å². The number of ether oxygens (including phenoxy) is 1. The molecule has 4 rings (SSSR count). The maximum absolute atomic E-state index is 13.8. The van der Waals surface area contributed by atoms with E-state index in [1.165, 1.54) is 6.07 Å². The molecule has 0 saturated heterocycles. The van der Waals surface area contributed by atoms with Crippen LogP contribution in [0.4, 0.5) is 22.0 Å². The summed E-state index contributed by atoms with van der Waals surface area (Å²) in [4.78, 5) is 9.00. The van der Waals surface area contributed by atoms with Crippen LogP contribution < -0.4 is 0 Å².